The van der Waals surface area contributed by atoms with E-state index in [0.29, 0.717) is 24.7 Å². The molecule has 32 heavy (non-hydrogen) atoms. The van der Waals surface area contributed by atoms with Crippen LogP contribution in [0.3, 0.4) is 0 Å². The highest BCUT2D eigenvalue weighted by atomic mass is 16.5. The van der Waals surface area contributed by atoms with E-state index >= 15 is 0 Å². The maximum Gasteiger partial charge on any atom is 0.113 e. The monoisotopic (exact) mass is 446 g/mol. The molecule has 0 aliphatic carbocycles. The van der Waals surface area contributed by atoms with Crippen LogP contribution in [0.1, 0.15) is 116 Å². The van der Waals surface area contributed by atoms with Gasteiger partial charge in [0, 0.05) is 26.2 Å². The molecule has 0 N–H and O–H groups in total. The average molecular weight is 447 g/mol. The molecule has 0 aromatic rings. The third-order valence-corrected chi connectivity index (χ3v) is 9.41. The van der Waals surface area contributed by atoms with Crippen molar-refractivity contribution in [3.05, 3.63) is 0 Å². The summed E-state index contributed by atoms with van der Waals surface area (Å²) in [5.41, 5.74) is 0. The molecule has 5 fully saturated rings. The van der Waals surface area contributed by atoms with Crippen LogP contribution in [0.5, 0.6) is 0 Å². The van der Waals surface area contributed by atoms with Crippen LogP contribution in [0, 0.1) is 11.8 Å². The molecule has 6 atom stereocenters. The molecular weight excluding hydrogens is 396 g/mol. The average Bonchev–Trinajstić information content (AvgIpc) is 2.83. The highest BCUT2D eigenvalue weighted by Gasteiger charge is 2.38. The Morgan fingerprint density at radius 3 is 1.25 bits per heavy atom. The van der Waals surface area contributed by atoms with Crippen molar-refractivity contribution in [3.63, 3.8) is 0 Å². The van der Waals surface area contributed by atoms with E-state index in [1.807, 2.05) is 0 Å². The summed E-state index contributed by atoms with van der Waals surface area (Å²) in [6.07, 6.45) is 26.5. The molecule has 0 saturated carbocycles. The smallest absolute Gasteiger partial charge is 0.113 e. The Morgan fingerprint density at radius 2 is 0.781 bits per heavy atom. The van der Waals surface area contributed by atoms with Crippen LogP contribution in [0.25, 0.3) is 0 Å². The Labute approximate surface area is 197 Å². The first-order valence-electron chi connectivity index (χ1n) is 14.7. The van der Waals surface area contributed by atoms with Crippen molar-refractivity contribution >= 4 is 0 Å². The van der Waals surface area contributed by atoms with Gasteiger partial charge in [0.1, 0.15) is 12.5 Å². The van der Waals surface area contributed by atoms with Crippen LogP contribution < -0.4 is 0 Å². The molecule has 4 heteroatoms. The Hall–Kier alpha value is -0.160. The van der Waals surface area contributed by atoms with Gasteiger partial charge in [-0.3, -0.25) is 9.80 Å². The molecule has 0 amide bonds. The van der Waals surface area contributed by atoms with E-state index in [1.165, 1.54) is 142 Å². The van der Waals surface area contributed by atoms with Gasteiger partial charge in [0.15, 0.2) is 0 Å². The zero-order valence-corrected chi connectivity index (χ0v) is 20.7. The van der Waals surface area contributed by atoms with Crippen LogP contribution in [-0.2, 0) is 9.47 Å². The molecule has 5 rings (SSSR count). The molecule has 0 aromatic heterocycles. The van der Waals surface area contributed by atoms with Crippen molar-refractivity contribution in [2.75, 3.05) is 26.2 Å². The summed E-state index contributed by atoms with van der Waals surface area (Å²) in [5, 5.41) is 0. The number of rotatable bonds is 0. The van der Waals surface area contributed by atoms with Gasteiger partial charge in [0.05, 0.1) is 12.2 Å². The lowest BCUT2D eigenvalue weighted by molar-refractivity contribution is -0.183. The molecule has 4 bridgehead atoms. The van der Waals surface area contributed by atoms with Gasteiger partial charge in [-0.2, -0.15) is 0 Å². The molecular formula is C28H50N2O2. The highest BCUT2D eigenvalue weighted by Crippen LogP contribution is 2.36. The topological polar surface area (TPSA) is 24.9 Å². The van der Waals surface area contributed by atoms with E-state index in [1.54, 1.807) is 0 Å². The summed E-state index contributed by atoms with van der Waals surface area (Å²) in [5.74, 6) is 1.57. The van der Waals surface area contributed by atoms with Gasteiger partial charge >= 0.3 is 0 Å². The van der Waals surface area contributed by atoms with Crippen LogP contribution in [-0.4, -0.2) is 60.6 Å². The van der Waals surface area contributed by atoms with Gasteiger partial charge in [-0.25, -0.2) is 0 Å². The summed E-state index contributed by atoms with van der Waals surface area (Å²) in [6.45, 7) is 5.11. The van der Waals surface area contributed by atoms with E-state index in [-0.39, 0.29) is 0 Å². The van der Waals surface area contributed by atoms with Crippen molar-refractivity contribution in [1.82, 2.24) is 9.80 Å². The van der Waals surface area contributed by atoms with Gasteiger partial charge in [0.2, 0.25) is 0 Å². The second-order valence-corrected chi connectivity index (χ2v) is 11.7. The quantitative estimate of drug-likeness (QED) is 0.434. The van der Waals surface area contributed by atoms with Gasteiger partial charge in [0.25, 0.3) is 0 Å². The minimum Gasteiger partial charge on any atom is -0.360 e. The molecule has 0 aromatic carbocycles. The number of piperidine rings is 2. The van der Waals surface area contributed by atoms with E-state index in [4.69, 9.17) is 9.47 Å². The maximum absolute atomic E-state index is 6.74. The first kappa shape index (κ1) is 23.6. The molecule has 4 nitrogen and oxygen atoms in total. The van der Waals surface area contributed by atoms with Crippen molar-refractivity contribution in [3.8, 4) is 0 Å². The molecule has 5 saturated heterocycles. The fourth-order valence-electron chi connectivity index (χ4n) is 7.53. The second-order valence-electron chi connectivity index (χ2n) is 11.7. The normalized spacial score (nSPS) is 41.6. The zero-order valence-electron chi connectivity index (χ0n) is 20.7. The Bertz CT molecular complexity index is 510. The lowest BCUT2D eigenvalue weighted by Gasteiger charge is -2.47. The molecule has 0 radical (unpaired) electrons. The van der Waals surface area contributed by atoms with E-state index < -0.39 is 0 Å². The standard InChI is InChI=1S/C28H50N2O2/c1-3-7-15-25-17-21-30-20-10-14-24(28(30)31-25)12-6-2-4-8-16-26-18-22-29-19-9-13-23(11-5-1)27(29)32-26/h23-28H,1-22H2/t23-,24-,25-,26+,27+,28+/m0/s1. The minimum absolute atomic E-state index is 0.440. The first-order valence-corrected chi connectivity index (χ1v) is 14.7. The Kier molecular flexibility index (Phi) is 8.84. The number of fused-ring (bicyclic) bond motifs is 2. The lowest BCUT2D eigenvalue weighted by atomic mass is 9.87. The van der Waals surface area contributed by atoms with E-state index in [0.717, 1.165) is 11.8 Å². The Morgan fingerprint density at radius 1 is 0.375 bits per heavy atom. The fraction of sp³-hybridized carbons (Fsp3) is 1.00. The van der Waals surface area contributed by atoms with Crippen LogP contribution in [0.2, 0.25) is 0 Å². The zero-order chi connectivity index (χ0) is 21.6. The number of nitrogens with zero attached hydrogens (tertiary/aromatic N) is 2. The Balaban J connectivity index is 1.16. The third kappa shape index (κ3) is 6.09. The maximum atomic E-state index is 6.74. The summed E-state index contributed by atoms with van der Waals surface area (Å²) >= 11 is 0. The molecule has 0 spiro atoms. The lowest BCUT2D eigenvalue weighted by Crippen LogP contribution is -2.53. The molecule has 5 aliphatic heterocycles. The second kappa shape index (κ2) is 12.0. The van der Waals surface area contributed by atoms with Gasteiger partial charge in [-0.05, 0) is 76.0 Å². The van der Waals surface area contributed by atoms with Crippen LogP contribution >= 0.6 is 0 Å². The summed E-state index contributed by atoms with van der Waals surface area (Å²) in [7, 11) is 0. The number of hydrogen-bond acceptors (Lipinski definition) is 4. The van der Waals surface area contributed by atoms with Gasteiger partial charge in [-0.15, -0.1) is 0 Å². The number of ether oxygens (including phenoxy) is 2. The molecule has 5 aliphatic rings. The van der Waals surface area contributed by atoms with Crippen LogP contribution in [0.15, 0.2) is 0 Å². The predicted octanol–water partition coefficient (Wildman–Crippen LogP) is 6.34. The molecule has 184 valence electrons. The first-order chi connectivity index (χ1) is 15.9. The third-order valence-electron chi connectivity index (χ3n) is 9.41. The largest absolute Gasteiger partial charge is 0.360 e. The summed E-state index contributed by atoms with van der Waals surface area (Å²) in [6, 6.07) is 0. The molecule has 5 heterocycles. The van der Waals surface area contributed by atoms with E-state index in [2.05, 4.69) is 9.80 Å². The highest BCUT2D eigenvalue weighted by molar-refractivity contribution is 4.85. The van der Waals surface area contributed by atoms with E-state index in [9.17, 15) is 0 Å². The summed E-state index contributed by atoms with van der Waals surface area (Å²) in [4.78, 5) is 5.36. The van der Waals surface area contributed by atoms with Gasteiger partial charge in [-0.1, -0.05) is 51.4 Å². The number of hydrogen-bond donors (Lipinski definition) is 0. The fourth-order valence-corrected chi connectivity index (χ4v) is 7.53. The van der Waals surface area contributed by atoms with Crippen molar-refractivity contribution < 1.29 is 9.47 Å². The predicted molar refractivity (Wildman–Crippen MR) is 131 cm³/mol. The van der Waals surface area contributed by atoms with Gasteiger partial charge < -0.3 is 9.47 Å². The van der Waals surface area contributed by atoms with Crippen molar-refractivity contribution in [2.24, 2.45) is 11.8 Å². The van der Waals surface area contributed by atoms with Crippen molar-refractivity contribution in [1.29, 1.82) is 0 Å². The minimum atomic E-state index is 0.440. The van der Waals surface area contributed by atoms with Crippen molar-refractivity contribution in [2.45, 2.75) is 140 Å². The van der Waals surface area contributed by atoms with Crippen LogP contribution in [0.4, 0.5) is 0 Å². The molecule has 0 unspecified atom stereocenters. The SMILES string of the molecule is C1CCC[C@H]2CCCN3CC[C@H](CCCCCC[C@H]4CCCN5CC[C@@H](CC1)O[C@H]45)O[C@H]23. The summed E-state index contributed by atoms with van der Waals surface area (Å²) < 4.78 is 13.5.